The highest BCUT2D eigenvalue weighted by Gasteiger charge is 2.16. The summed E-state index contributed by atoms with van der Waals surface area (Å²) in [4.78, 5) is 8.88. The lowest BCUT2D eigenvalue weighted by molar-refractivity contribution is 0.405. The maximum Gasteiger partial charge on any atom is 0.262 e. The summed E-state index contributed by atoms with van der Waals surface area (Å²) in [7, 11) is 1.58. The molecule has 0 saturated carbocycles. The molecule has 0 atom stereocenters. The average Bonchev–Trinajstić information content (AvgIpc) is 3.27. The number of benzene rings is 2. The van der Waals surface area contributed by atoms with Gasteiger partial charge in [-0.15, -0.1) is 0 Å². The van der Waals surface area contributed by atoms with Crippen LogP contribution in [0.2, 0.25) is 5.02 Å². The molecule has 0 amide bonds. The number of imidazole rings is 1. The lowest BCUT2D eigenvalue weighted by Crippen LogP contribution is -1.91. The van der Waals surface area contributed by atoms with Gasteiger partial charge >= 0.3 is 0 Å². The number of methoxy groups -OCH3 is 1. The van der Waals surface area contributed by atoms with E-state index < -0.39 is 0 Å². The number of aromatic nitrogens is 4. The summed E-state index contributed by atoms with van der Waals surface area (Å²) in [6.07, 6.45) is 1.83. The topological polar surface area (TPSA) is 66.0 Å². The molecule has 126 valence electrons. The quantitative estimate of drug-likeness (QED) is 0.542. The van der Waals surface area contributed by atoms with E-state index in [1.54, 1.807) is 25.3 Å². The fourth-order valence-corrected chi connectivity index (χ4v) is 2.90. The van der Waals surface area contributed by atoms with Gasteiger partial charge in [0.15, 0.2) is 0 Å². The molecule has 0 fully saturated rings. The van der Waals surface area contributed by atoms with Crippen LogP contribution in [-0.2, 0) is 6.54 Å². The SMILES string of the molecule is CCn1cnc2ccc(-c3noc(-c4ccc(Cl)cc4OC)n3)cc21. The molecule has 0 spiro atoms. The maximum absolute atomic E-state index is 6.00. The van der Waals surface area contributed by atoms with Crippen molar-refractivity contribution in [3.8, 4) is 28.6 Å². The molecule has 2 aromatic carbocycles. The molecule has 0 aliphatic heterocycles. The number of rotatable bonds is 4. The standard InChI is InChI=1S/C18H15ClN4O2/c1-3-23-10-20-14-7-4-11(8-15(14)23)17-21-18(25-22-17)13-6-5-12(19)9-16(13)24-2/h4-10H,3H2,1-2H3. The lowest BCUT2D eigenvalue weighted by atomic mass is 10.2. The van der Waals surface area contributed by atoms with Crippen molar-refractivity contribution in [3.63, 3.8) is 0 Å². The van der Waals surface area contributed by atoms with Crippen molar-refractivity contribution >= 4 is 22.6 Å². The van der Waals surface area contributed by atoms with Crippen molar-refractivity contribution < 1.29 is 9.26 Å². The largest absolute Gasteiger partial charge is 0.496 e. The molecule has 4 aromatic rings. The van der Waals surface area contributed by atoms with Crippen molar-refractivity contribution in [3.05, 3.63) is 47.7 Å². The van der Waals surface area contributed by atoms with Crippen molar-refractivity contribution in [2.24, 2.45) is 0 Å². The van der Waals surface area contributed by atoms with Gasteiger partial charge in [0.2, 0.25) is 5.82 Å². The van der Waals surface area contributed by atoms with Gasteiger partial charge in [-0.2, -0.15) is 4.98 Å². The zero-order valence-corrected chi connectivity index (χ0v) is 14.5. The van der Waals surface area contributed by atoms with E-state index >= 15 is 0 Å². The van der Waals surface area contributed by atoms with Gasteiger partial charge in [-0.1, -0.05) is 16.8 Å². The Bertz CT molecular complexity index is 1050. The zero-order valence-electron chi connectivity index (χ0n) is 13.7. The number of hydrogen-bond acceptors (Lipinski definition) is 5. The first-order chi connectivity index (χ1) is 12.2. The zero-order chi connectivity index (χ0) is 17.4. The predicted molar refractivity (Wildman–Crippen MR) is 95.7 cm³/mol. The van der Waals surface area contributed by atoms with Crippen LogP contribution >= 0.6 is 11.6 Å². The van der Waals surface area contributed by atoms with E-state index in [1.165, 1.54) is 0 Å². The Kier molecular flexibility index (Phi) is 3.89. The average molecular weight is 355 g/mol. The fraction of sp³-hybridized carbons (Fsp3) is 0.167. The van der Waals surface area contributed by atoms with Gasteiger partial charge in [0.25, 0.3) is 5.89 Å². The number of aryl methyl sites for hydroxylation is 1. The monoisotopic (exact) mass is 354 g/mol. The number of nitrogens with zero attached hydrogens (tertiary/aromatic N) is 4. The van der Waals surface area contributed by atoms with E-state index in [2.05, 4.69) is 26.6 Å². The molecule has 0 aliphatic carbocycles. The molecule has 0 N–H and O–H groups in total. The summed E-state index contributed by atoms with van der Waals surface area (Å²) >= 11 is 6.00. The maximum atomic E-state index is 6.00. The van der Waals surface area contributed by atoms with Crippen LogP contribution in [0.15, 0.2) is 47.2 Å². The molecular formula is C18H15ClN4O2. The minimum Gasteiger partial charge on any atom is -0.496 e. The molecule has 2 aromatic heterocycles. The molecule has 0 aliphatic rings. The van der Waals surface area contributed by atoms with E-state index in [1.807, 2.05) is 24.5 Å². The minimum atomic E-state index is 0.382. The Balaban J connectivity index is 1.77. The van der Waals surface area contributed by atoms with E-state index in [0.29, 0.717) is 28.1 Å². The molecule has 0 radical (unpaired) electrons. The van der Waals surface area contributed by atoms with Gasteiger partial charge in [0.1, 0.15) is 5.75 Å². The lowest BCUT2D eigenvalue weighted by Gasteiger charge is -2.04. The highest BCUT2D eigenvalue weighted by Crippen LogP contribution is 2.32. The van der Waals surface area contributed by atoms with E-state index in [9.17, 15) is 0 Å². The van der Waals surface area contributed by atoms with Crippen LogP contribution in [0, 0.1) is 0 Å². The number of ether oxygens (including phenoxy) is 1. The first-order valence-electron chi connectivity index (χ1n) is 7.82. The molecule has 2 heterocycles. The summed E-state index contributed by atoms with van der Waals surface area (Å²) in [6, 6.07) is 11.2. The Morgan fingerprint density at radius 1 is 1.20 bits per heavy atom. The molecule has 6 nitrogen and oxygen atoms in total. The Hall–Kier alpha value is -2.86. The third-order valence-corrected chi connectivity index (χ3v) is 4.28. The predicted octanol–water partition coefficient (Wildman–Crippen LogP) is 4.44. The minimum absolute atomic E-state index is 0.382. The Labute approximate surface area is 149 Å². The van der Waals surface area contributed by atoms with E-state index in [0.717, 1.165) is 23.1 Å². The molecule has 4 rings (SSSR count). The molecule has 0 bridgehead atoms. The molecule has 0 saturated heterocycles. The van der Waals surface area contributed by atoms with Crippen LogP contribution in [0.4, 0.5) is 0 Å². The van der Waals surface area contributed by atoms with Crippen molar-refractivity contribution in [2.45, 2.75) is 13.5 Å². The fourth-order valence-electron chi connectivity index (χ4n) is 2.74. The highest BCUT2D eigenvalue weighted by molar-refractivity contribution is 6.30. The highest BCUT2D eigenvalue weighted by atomic mass is 35.5. The van der Waals surface area contributed by atoms with Crippen molar-refractivity contribution in [1.82, 2.24) is 19.7 Å². The number of halogens is 1. The summed E-state index contributed by atoms with van der Waals surface area (Å²) < 4.78 is 12.9. The van der Waals surface area contributed by atoms with Gasteiger partial charge in [-0.05, 0) is 43.3 Å². The van der Waals surface area contributed by atoms with Crippen LogP contribution in [-0.4, -0.2) is 26.8 Å². The van der Waals surface area contributed by atoms with E-state index in [-0.39, 0.29) is 0 Å². The third-order valence-electron chi connectivity index (χ3n) is 4.04. The van der Waals surface area contributed by atoms with Gasteiger partial charge in [0, 0.05) is 17.1 Å². The summed E-state index contributed by atoms with van der Waals surface area (Å²) in [5, 5.41) is 4.69. The van der Waals surface area contributed by atoms with Crippen LogP contribution in [0.25, 0.3) is 33.9 Å². The summed E-state index contributed by atoms with van der Waals surface area (Å²) in [5.41, 5.74) is 3.54. The van der Waals surface area contributed by atoms with Crippen LogP contribution in [0.1, 0.15) is 6.92 Å². The summed E-state index contributed by atoms with van der Waals surface area (Å²) in [6.45, 7) is 2.92. The van der Waals surface area contributed by atoms with Gasteiger partial charge in [-0.3, -0.25) is 0 Å². The van der Waals surface area contributed by atoms with E-state index in [4.69, 9.17) is 20.9 Å². The first-order valence-corrected chi connectivity index (χ1v) is 8.20. The second kappa shape index (κ2) is 6.22. The summed E-state index contributed by atoms with van der Waals surface area (Å²) in [5.74, 6) is 1.48. The molecular weight excluding hydrogens is 340 g/mol. The Morgan fingerprint density at radius 2 is 2.08 bits per heavy atom. The number of hydrogen-bond donors (Lipinski definition) is 0. The van der Waals surface area contributed by atoms with Crippen molar-refractivity contribution in [1.29, 1.82) is 0 Å². The molecule has 25 heavy (non-hydrogen) atoms. The van der Waals surface area contributed by atoms with Crippen molar-refractivity contribution in [2.75, 3.05) is 7.11 Å². The van der Waals surface area contributed by atoms with Gasteiger partial charge in [0.05, 0.1) is 30.0 Å². The number of fused-ring (bicyclic) bond motifs is 1. The Morgan fingerprint density at radius 3 is 2.88 bits per heavy atom. The van der Waals surface area contributed by atoms with Gasteiger partial charge in [-0.25, -0.2) is 4.98 Å². The molecule has 7 heteroatoms. The normalized spacial score (nSPS) is 11.2. The second-order valence-corrected chi connectivity index (χ2v) is 5.94. The van der Waals surface area contributed by atoms with Crippen LogP contribution in [0.3, 0.4) is 0 Å². The van der Waals surface area contributed by atoms with Crippen LogP contribution in [0.5, 0.6) is 5.75 Å². The second-order valence-electron chi connectivity index (χ2n) is 5.50. The first kappa shape index (κ1) is 15.7. The third kappa shape index (κ3) is 2.74. The molecule has 0 unspecified atom stereocenters. The van der Waals surface area contributed by atoms with Gasteiger partial charge < -0.3 is 13.8 Å². The smallest absolute Gasteiger partial charge is 0.262 e. The van der Waals surface area contributed by atoms with Crippen LogP contribution < -0.4 is 4.74 Å².